The minimum atomic E-state index is -0.659. The van der Waals surface area contributed by atoms with Crippen LogP contribution in [0, 0.1) is 0 Å². The summed E-state index contributed by atoms with van der Waals surface area (Å²) in [5.74, 6) is -0.348. The van der Waals surface area contributed by atoms with Gasteiger partial charge in [0.2, 0.25) is 17.7 Å². The van der Waals surface area contributed by atoms with Crippen LogP contribution >= 0.6 is 0 Å². The van der Waals surface area contributed by atoms with Gasteiger partial charge in [0.25, 0.3) is 0 Å². The number of hydrogen-bond acceptors (Lipinski definition) is 4. The average Bonchev–Trinajstić information content (AvgIpc) is 3.22. The molecule has 1 aromatic rings. The largest absolute Gasteiger partial charge is 0.356 e. The maximum absolute atomic E-state index is 13.1. The predicted octanol–water partition coefficient (Wildman–Crippen LogP) is 12.6. The lowest BCUT2D eigenvalue weighted by atomic mass is 10.1. The summed E-state index contributed by atoms with van der Waals surface area (Å²) in [5.41, 5.74) is 0.634. The number of pyridine rings is 1. The summed E-state index contributed by atoms with van der Waals surface area (Å²) in [6, 6.07) is 2.78. The van der Waals surface area contributed by atoms with E-state index in [4.69, 9.17) is 0 Å². The Morgan fingerprint density at radius 1 is 0.517 bits per heavy atom. The average molecular weight is 791 g/mol. The number of amides is 3. The highest BCUT2D eigenvalue weighted by atomic mass is 16.2. The van der Waals surface area contributed by atoms with Gasteiger partial charge < -0.3 is 16.0 Å². The molecule has 58 heavy (non-hydrogen) atoms. The van der Waals surface area contributed by atoms with Crippen LogP contribution in [0.4, 0.5) is 5.69 Å². The Hall–Kier alpha value is -5.04. The summed E-state index contributed by atoms with van der Waals surface area (Å²) in [5, 5.41) is 8.83. The molecular formula is C51H74N4O3. The Morgan fingerprint density at radius 2 is 0.914 bits per heavy atom. The van der Waals surface area contributed by atoms with Crippen molar-refractivity contribution in [2.24, 2.45) is 0 Å². The number of unbranched alkanes of at least 4 members (excludes halogenated alkanes) is 3. The molecule has 3 N–H and O–H groups in total. The molecule has 7 heteroatoms. The highest BCUT2D eigenvalue weighted by molar-refractivity contribution is 5.97. The molecule has 1 unspecified atom stereocenters. The fraction of sp³-hybridized carbons (Fsp3) is 0.451. The van der Waals surface area contributed by atoms with E-state index in [1.807, 2.05) is 0 Å². The van der Waals surface area contributed by atoms with Crippen molar-refractivity contribution in [2.75, 3.05) is 11.9 Å². The molecule has 0 spiro atoms. The maximum atomic E-state index is 13.1. The summed E-state index contributed by atoms with van der Waals surface area (Å²) in [6.07, 6.45) is 62.5. The first-order valence-electron chi connectivity index (χ1n) is 21.8. The lowest BCUT2D eigenvalue weighted by Gasteiger charge is -2.18. The van der Waals surface area contributed by atoms with E-state index in [1.165, 1.54) is 0 Å². The van der Waals surface area contributed by atoms with Gasteiger partial charge in [-0.1, -0.05) is 135 Å². The zero-order valence-corrected chi connectivity index (χ0v) is 35.7. The van der Waals surface area contributed by atoms with Crippen LogP contribution in [0.5, 0.6) is 0 Å². The van der Waals surface area contributed by atoms with Crippen LogP contribution in [0.15, 0.2) is 146 Å². The van der Waals surface area contributed by atoms with Crippen LogP contribution in [0.3, 0.4) is 0 Å². The van der Waals surface area contributed by atoms with Crippen LogP contribution in [-0.4, -0.2) is 35.3 Å². The van der Waals surface area contributed by atoms with Crippen molar-refractivity contribution >= 4 is 23.4 Å². The van der Waals surface area contributed by atoms with Crippen molar-refractivity contribution < 1.29 is 14.4 Å². The van der Waals surface area contributed by atoms with Crippen LogP contribution in [-0.2, 0) is 14.4 Å². The second-order valence-corrected chi connectivity index (χ2v) is 13.9. The van der Waals surface area contributed by atoms with E-state index in [1.54, 1.807) is 24.5 Å². The van der Waals surface area contributed by atoms with Crippen molar-refractivity contribution in [1.29, 1.82) is 0 Å². The van der Waals surface area contributed by atoms with Crippen LogP contribution < -0.4 is 16.0 Å². The zero-order valence-electron chi connectivity index (χ0n) is 35.7. The van der Waals surface area contributed by atoms with Crippen molar-refractivity contribution in [3.8, 4) is 0 Å². The topological polar surface area (TPSA) is 100 Å². The summed E-state index contributed by atoms with van der Waals surface area (Å²) < 4.78 is 0. The summed E-state index contributed by atoms with van der Waals surface area (Å²) in [7, 11) is 0. The maximum Gasteiger partial charge on any atom is 0.246 e. The smallest absolute Gasteiger partial charge is 0.246 e. The van der Waals surface area contributed by atoms with Gasteiger partial charge in [0, 0.05) is 37.5 Å². The predicted molar refractivity (Wildman–Crippen MR) is 248 cm³/mol. The van der Waals surface area contributed by atoms with E-state index in [0.717, 1.165) is 89.9 Å². The van der Waals surface area contributed by atoms with E-state index in [-0.39, 0.29) is 17.7 Å². The molecule has 0 aliphatic carbocycles. The summed E-state index contributed by atoms with van der Waals surface area (Å²) in [4.78, 5) is 42.3. The summed E-state index contributed by atoms with van der Waals surface area (Å²) in [6.45, 7) is 4.83. The number of carbonyl (C=O) groups excluding carboxylic acids is 3. The minimum absolute atomic E-state index is 0.0418. The first-order valence-corrected chi connectivity index (χ1v) is 21.8. The van der Waals surface area contributed by atoms with E-state index in [0.29, 0.717) is 44.3 Å². The van der Waals surface area contributed by atoms with Crippen LogP contribution in [0.25, 0.3) is 0 Å². The number of hydrogen-bond donors (Lipinski definition) is 3. The Bertz CT molecular complexity index is 1490. The SMILES string of the molecule is CCC=CCC=CCC=CCC=CCC=CCCCC(=O)NCCCCC(NC(=O)CCCC=CCC=CCC=CCC=CCC=CCC)C(=O)Nc1ccncc1. The van der Waals surface area contributed by atoms with Gasteiger partial charge in [0.15, 0.2) is 0 Å². The van der Waals surface area contributed by atoms with Gasteiger partial charge in [0.05, 0.1) is 0 Å². The number of rotatable bonds is 34. The third-order valence-electron chi connectivity index (χ3n) is 8.71. The second-order valence-electron chi connectivity index (χ2n) is 13.9. The molecule has 0 aliphatic heterocycles. The third-order valence-corrected chi connectivity index (χ3v) is 8.71. The van der Waals surface area contributed by atoms with E-state index in [9.17, 15) is 14.4 Å². The van der Waals surface area contributed by atoms with Crippen LogP contribution in [0.1, 0.15) is 136 Å². The molecule has 3 amide bonds. The fourth-order valence-corrected chi connectivity index (χ4v) is 5.49. The second kappa shape index (κ2) is 40.2. The number of anilines is 1. The van der Waals surface area contributed by atoms with Gasteiger partial charge in [-0.15, -0.1) is 0 Å². The molecule has 0 bridgehead atoms. The molecule has 7 nitrogen and oxygen atoms in total. The highest BCUT2D eigenvalue weighted by Gasteiger charge is 2.20. The molecule has 0 aliphatic rings. The van der Waals surface area contributed by atoms with E-state index >= 15 is 0 Å². The lowest BCUT2D eigenvalue weighted by molar-refractivity contribution is -0.126. The molecule has 0 fully saturated rings. The van der Waals surface area contributed by atoms with Crippen LogP contribution in [0.2, 0.25) is 0 Å². The van der Waals surface area contributed by atoms with Gasteiger partial charge in [-0.05, 0) is 121 Å². The standard InChI is InChI=1S/C51H74N4O3/c1-3-5-7-9-11-13-15-17-19-21-23-25-27-29-31-33-35-40-49(56)53-44-38-37-39-48(51(58)54-47-42-45-52-46-43-47)55-50(57)41-36-34-32-30-28-26-24-22-20-18-16-14-12-10-8-6-4-2/h5-8,11-14,17-20,23-26,29-32,42-43,45-46,48H,3-4,9-10,15-16,21-22,27-28,33-41,44H2,1-2H3,(H,53,56)(H,55,57)(H,52,54,58). The molecule has 1 atom stereocenters. The normalized spacial score (nSPS) is 13.1. The van der Waals surface area contributed by atoms with Gasteiger partial charge in [-0.3, -0.25) is 19.4 Å². The molecule has 0 saturated carbocycles. The van der Waals surface area contributed by atoms with Gasteiger partial charge in [-0.2, -0.15) is 0 Å². The quantitative estimate of drug-likeness (QED) is 0.0478. The number of allylic oxidation sites excluding steroid dienone is 20. The molecule has 1 heterocycles. The Kier molecular flexibility index (Phi) is 35.3. The Balaban J connectivity index is 2.27. The number of carbonyl (C=O) groups is 3. The van der Waals surface area contributed by atoms with Gasteiger partial charge in [-0.25, -0.2) is 0 Å². The highest BCUT2D eigenvalue weighted by Crippen LogP contribution is 2.09. The molecule has 0 radical (unpaired) electrons. The molecule has 1 rings (SSSR count). The van der Waals surface area contributed by atoms with E-state index in [2.05, 4.69) is 156 Å². The number of aromatic nitrogens is 1. The molecular weight excluding hydrogens is 717 g/mol. The van der Waals surface area contributed by atoms with Crippen molar-refractivity contribution in [2.45, 2.75) is 142 Å². The van der Waals surface area contributed by atoms with Crippen molar-refractivity contribution in [1.82, 2.24) is 15.6 Å². The molecule has 0 saturated heterocycles. The summed E-state index contributed by atoms with van der Waals surface area (Å²) >= 11 is 0. The molecule has 316 valence electrons. The third kappa shape index (κ3) is 34.2. The molecule has 1 aromatic heterocycles. The number of nitrogens with zero attached hydrogens (tertiary/aromatic N) is 1. The van der Waals surface area contributed by atoms with E-state index < -0.39 is 6.04 Å². The zero-order chi connectivity index (χ0) is 41.8. The Morgan fingerprint density at radius 3 is 1.34 bits per heavy atom. The van der Waals surface area contributed by atoms with Gasteiger partial charge in [0.1, 0.15) is 6.04 Å². The lowest BCUT2D eigenvalue weighted by Crippen LogP contribution is -2.43. The number of nitrogens with one attached hydrogen (secondary N) is 3. The first-order chi connectivity index (χ1) is 28.6. The molecule has 0 aromatic carbocycles. The van der Waals surface area contributed by atoms with Gasteiger partial charge >= 0.3 is 0 Å². The minimum Gasteiger partial charge on any atom is -0.356 e. The monoisotopic (exact) mass is 791 g/mol. The van der Waals surface area contributed by atoms with Crippen molar-refractivity contribution in [3.05, 3.63) is 146 Å². The fourth-order valence-electron chi connectivity index (χ4n) is 5.49. The Labute approximate surface area is 352 Å². The first kappa shape index (κ1) is 51.0. The van der Waals surface area contributed by atoms with Crippen molar-refractivity contribution in [3.63, 3.8) is 0 Å².